The van der Waals surface area contributed by atoms with Crippen molar-refractivity contribution < 1.29 is 9.53 Å². The van der Waals surface area contributed by atoms with E-state index in [4.69, 9.17) is 4.74 Å². The van der Waals surface area contributed by atoms with E-state index in [2.05, 4.69) is 10.2 Å². The van der Waals surface area contributed by atoms with Crippen molar-refractivity contribution in [1.29, 1.82) is 0 Å². The number of likely N-dealkylation sites (tertiary alicyclic amines) is 1. The lowest BCUT2D eigenvalue weighted by Gasteiger charge is -2.35. The van der Waals surface area contributed by atoms with Gasteiger partial charge in [-0.05, 0) is 51.5 Å². The van der Waals surface area contributed by atoms with E-state index in [9.17, 15) is 4.79 Å². The average molecular weight is 266 g/mol. The van der Waals surface area contributed by atoms with Crippen LogP contribution in [0.15, 0.2) is 0 Å². The second-order valence-electron chi connectivity index (χ2n) is 6.37. The number of carbonyl (C=O) groups excluding carboxylic acids is 1. The van der Waals surface area contributed by atoms with Gasteiger partial charge in [0.1, 0.15) is 0 Å². The van der Waals surface area contributed by atoms with E-state index >= 15 is 0 Å². The summed E-state index contributed by atoms with van der Waals surface area (Å²) in [6.45, 7) is 4.00. The average Bonchev–Trinajstić information content (AvgIpc) is 3.24. The third-order valence-corrected chi connectivity index (χ3v) is 4.54. The van der Waals surface area contributed by atoms with Gasteiger partial charge in [0.05, 0.1) is 12.0 Å². The maximum absolute atomic E-state index is 12.1. The number of nitrogens with one attached hydrogen (secondary N) is 1. The van der Waals surface area contributed by atoms with Gasteiger partial charge in [-0.25, -0.2) is 0 Å². The number of amides is 1. The van der Waals surface area contributed by atoms with E-state index in [-0.39, 0.29) is 11.8 Å². The third-order valence-electron chi connectivity index (χ3n) is 4.54. The molecule has 2 heterocycles. The molecule has 3 rings (SSSR count). The molecule has 1 amide bonds. The Kier molecular flexibility index (Phi) is 4.38. The van der Waals surface area contributed by atoms with Crippen molar-refractivity contribution in [1.82, 2.24) is 10.2 Å². The minimum atomic E-state index is 0.206. The van der Waals surface area contributed by atoms with Crippen LogP contribution in [-0.2, 0) is 9.53 Å². The highest BCUT2D eigenvalue weighted by Crippen LogP contribution is 2.23. The Morgan fingerprint density at radius 2 is 2.05 bits per heavy atom. The Balaban J connectivity index is 1.45. The van der Waals surface area contributed by atoms with Crippen molar-refractivity contribution in [2.45, 2.75) is 57.1 Å². The van der Waals surface area contributed by atoms with Crippen molar-refractivity contribution >= 4 is 5.91 Å². The van der Waals surface area contributed by atoms with Crippen molar-refractivity contribution in [2.24, 2.45) is 5.92 Å². The van der Waals surface area contributed by atoms with Gasteiger partial charge in [0.2, 0.25) is 5.91 Å². The molecule has 2 saturated heterocycles. The molecule has 4 nitrogen and oxygen atoms in total. The molecular weight excluding hydrogens is 240 g/mol. The van der Waals surface area contributed by atoms with E-state index in [0.29, 0.717) is 12.1 Å². The van der Waals surface area contributed by atoms with Crippen LogP contribution < -0.4 is 5.32 Å². The lowest BCUT2D eigenvalue weighted by molar-refractivity contribution is -0.127. The minimum Gasteiger partial charge on any atom is -0.377 e. The molecule has 2 aliphatic heterocycles. The number of ether oxygens (including phenoxy) is 1. The molecule has 0 spiro atoms. The van der Waals surface area contributed by atoms with Crippen LogP contribution in [0.1, 0.15) is 44.9 Å². The Hall–Kier alpha value is -0.610. The van der Waals surface area contributed by atoms with Crippen LogP contribution in [0.2, 0.25) is 0 Å². The summed E-state index contributed by atoms with van der Waals surface area (Å²) < 4.78 is 5.81. The first-order valence-electron chi connectivity index (χ1n) is 7.95. The first-order valence-corrected chi connectivity index (χ1v) is 7.95. The highest BCUT2D eigenvalue weighted by Gasteiger charge is 2.31. The Morgan fingerprint density at radius 1 is 1.16 bits per heavy atom. The summed E-state index contributed by atoms with van der Waals surface area (Å²) in [5.74, 6) is 0.495. The standard InChI is InChI=1S/C15H26N2O2/c18-15(16-13-6-7-13)12-4-3-8-17(10-12)11-14-5-1-2-9-19-14/h12-14H,1-11H2,(H,16,18). The molecule has 3 aliphatic rings. The highest BCUT2D eigenvalue weighted by atomic mass is 16.5. The van der Waals surface area contributed by atoms with Crippen molar-refractivity contribution in [3.8, 4) is 0 Å². The third kappa shape index (κ3) is 3.93. The van der Waals surface area contributed by atoms with Crippen molar-refractivity contribution in [3.05, 3.63) is 0 Å². The largest absolute Gasteiger partial charge is 0.377 e. The molecule has 1 saturated carbocycles. The fraction of sp³-hybridized carbons (Fsp3) is 0.933. The van der Waals surface area contributed by atoms with Gasteiger partial charge in [0.15, 0.2) is 0 Å². The molecule has 0 aromatic carbocycles. The van der Waals surface area contributed by atoms with E-state index in [1.54, 1.807) is 0 Å². The van der Waals surface area contributed by atoms with Gasteiger partial charge in [-0.3, -0.25) is 9.69 Å². The van der Waals surface area contributed by atoms with Crippen LogP contribution in [0.5, 0.6) is 0 Å². The van der Waals surface area contributed by atoms with E-state index in [1.165, 1.54) is 32.1 Å². The lowest BCUT2D eigenvalue weighted by atomic mass is 9.96. The predicted octanol–water partition coefficient (Wildman–Crippen LogP) is 1.55. The molecule has 0 aromatic rings. The summed E-state index contributed by atoms with van der Waals surface area (Å²) in [7, 11) is 0. The molecule has 108 valence electrons. The number of carbonyl (C=O) groups is 1. The maximum Gasteiger partial charge on any atom is 0.224 e. The quantitative estimate of drug-likeness (QED) is 0.839. The Bertz CT molecular complexity index is 311. The van der Waals surface area contributed by atoms with Gasteiger partial charge in [-0.1, -0.05) is 0 Å². The van der Waals surface area contributed by atoms with Gasteiger partial charge in [0.25, 0.3) is 0 Å². The SMILES string of the molecule is O=C(NC1CC1)C1CCCN(CC2CCCCO2)C1. The summed E-state index contributed by atoms with van der Waals surface area (Å²) >= 11 is 0. The lowest BCUT2D eigenvalue weighted by Crippen LogP contribution is -2.46. The minimum absolute atomic E-state index is 0.206. The smallest absolute Gasteiger partial charge is 0.224 e. The number of rotatable bonds is 4. The molecule has 19 heavy (non-hydrogen) atoms. The van der Waals surface area contributed by atoms with Crippen molar-refractivity contribution in [3.63, 3.8) is 0 Å². The van der Waals surface area contributed by atoms with E-state index in [1.807, 2.05) is 0 Å². The van der Waals surface area contributed by atoms with Crippen LogP contribution in [0.25, 0.3) is 0 Å². The summed E-state index contributed by atoms with van der Waals surface area (Å²) in [5.41, 5.74) is 0. The van der Waals surface area contributed by atoms with Gasteiger partial charge < -0.3 is 10.1 Å². The van der Waals surface area contributed by atoms with Crippen LogP contribution in [-0.4, -0.2) is 49.2 Å². The zero-order valence-corrected chi connectivity index (χ0v) is 11.8. The fourth-order valence-electron chi connectivity index (χ4n) is 3.22. The number of hydrogen-bond acceptors (Lipinski definition) is 3. The highest BCUT2D eigenvalue weighted by molar-refractivity contribution is 5.79. The van der Waals surface area contributed by atoms with Gasteiger partial charge >= 0.3 is 0 Å². The van der Waals surface area contributed by atoms with Crippen LogP contribution >= 0.6 is 0 Å². The topological polar surface area (TPSA) is 41.6 Å². The summed E-state index contributed by atoms with van der Waals surface area (Å²) in [5, 5.41) is 3.15. The zero-order chi connectivity index (χ0) is 13.1. The monoisotopic (exact) mass is 266 g/mol. The molecular formula is C15H26N2O2. The maximum atomic E-state index is 12.1. The van der Waals surface area contributed by atoms with Crippen molar-refractivity contribution in [2.75, 3.05) is 26.2 Å². The number of hydrogen-bond donors (Lipinski definition) is 1. The van der Waals surface area contributed by atoms with Crippen LogP contribution in [0.4, 0.5) is 0 Å². The normalized spacial score (nSPS) is 33.1. The van der Waals surface area contributed by atoms with Crippen LogP contribution in [0, 0.1) is 5.92 Å². The summed E-state index contributed by atoms with van der Waals surface area (Å²) in [6.07, 6.45) is 8.66. The first-order chi connectivity index (χ1) is 9.31. The molecule has 4 heteroatoms. The second kappa shape index (κ2) is 6.23. The number of piperidine rings is 1. The van der Waals surface area contributed by atoms with Gasteiger partial charge in [0, 0.05) is 25.7 Å². The molecule has 2 unspecified atom stereocenters. The fourth-order valence-corrected chi connectivity index (χ4v) is 3.22. The van der Waals surface area contributed by atoms with E-state index in [0.717, 1.165) is 39.1 Å². The molecule has 0 bridgehead atoms. The molecule has 0 radical (unpaired) electrons. The molecule has 1 aliphatic carbocycles. The molecule has 0 aromatic heterocycles. The Labute approximate surface area is 115 Å². The van der Waals surface area contributed by atoms with Gasteiger partial charge in [-0.15, -0.1) is 0 Å². The van der Waals surface area contributed by atoms with Gasteiger partial charge in [-0.2, -0.15) is 0 Å². The summed E-state index contributed by atoms with van der Waals surface area (Å²) in [4.78, 5) is 14.6. The predicted molar refractivity (Wildman–Crippen MR) is 73.9 cm³/mol. The first kappa shape index (κ1) is 13.4. The summed E-state index contributed by atoms with van der Waals surface area (Å²) in [6, 6.07) is 0.490. The van der Waals surface area contributed by atoms with E-state index < -0.39 is 0 Å². The Morgan fingerprint density at radius 3 is 2.79 bits per heavy atom. The zero-order valence-electron chi connectivity index (χ0n) is 11.8. The molecule has 2 atom stereocenters. The molecule has 1 N–H and O–H groups in total. The van der Waals surface area contributed by atoms with Crippen LogP contribution in [0.3, 0.4) is 0 Å². The number of nitrogens with zero attached hydrogens (tertiary/aromatic N) is 1. The second-order valence-corrected chi connectivity index (χ2v) is 6.37. The molecule has 3 fully saturated rings.